The van der Waals surface area contributed by atoms with Crippen molar-refractivity contribution in [2.75, 3.05) is 0 Å². The molecule has 0 fully saturated rings. The Morgan fingerprint density at radius 1 is 1.14 bits per heavy atom. The average Bonchev–Trinajstić information content (AvgIpc) is 2.83. The molecule has 0 spiro atoms. The van der Waals surface area contributed by atoms with Gasteiger partial charge >= 0.3 is 5.97 Å². The molecule has 1 N–H and O–H groups in total. The summed E-state index contributed by atoms with van der Waals surface area (Å²) in [4.78, 5) is 22.5. The van der Waals surface area contributed by atoms with Crippen LogP contribution in [0.15, 0.2) is 48.7 Å². The molecule has 0 atom stereocenters. The number of hydrogen-bond donors (Lipinski definition) is 1. The second kappa shape index (κ2) is 6.91. The van der Waals surface area contributed by atoms with Gasteiger partial charge in [0.2, 0.25) is 0 Å². The van der Waals surface area contributed by atoms with E-state index in [0.29, 0.717) is 10.6 Å². The molecule has 4 nitrogen and oxygen atoms in total. The summed E-state index contributed by atoms with van der Waals surface area (Å²) < 4.78 is 1.78. The largest absolute Gasteiger partial charge is 0.478 e. The molecule has 1 aromatic heterocycles. The summed E-state index contributed by atoms with van der Waals surface area (Å²) >= 11 is 5.78. The van der Waals surface area contributed by atoms with Gasteiger partial charge in [-0.2, -0.15) is 0 Å². The third-order valence-electron chi connectivity index (χ3n) is 3.02. The van der Waals surface area contributed by atoms with Gasteiger partial charge in [0.05, 0.1) is 0 Å². The summed E-state index contributed by atoms with van der Waals surface area (Å²) in [6, 6.07) is 8.47. The number of aryl methyl sites for hydroxylation is 1. The molecule has 5 heteroatoms. The molecular formula is C17H14ClNO3. The molecule has 2 rings (SSSR count). The highest BCUT2D eigenvalue weighted by atomic mass is 35.5. The lowest BCUT2D eigenvalue weighted by molar-refractivity contribution is -0.131. The number of nitrogens with zero attached hydrogens (tertiary/aromatic N) is 1. The number of allylic oxidation sites excluding steroid dienone is 1. The summed E-state index contributed by atoms with van der Waals surface area (Å²) in [5.74, 6) is -1.13. The maximum Gasteiger partial charge on any atom is 0.328 e. The monoisotopic (exact) mass is 315 g/mol. The van der Waals surface area contributed by atoms with Crippen molar-refractivity contribution >= 4 is 35.5 Å². The topological polar surface area (TPSA) is 59.3 Å². The van der Waals surface area contributed by atoms with Crippen LogP contribution in [0.5, 0.6) is 0 Å². The van der Waals surface area contributed by atoms with E-state index < -0.39 is 5.97 Å². The van der Waals surface area contributed by atoms with Crippen LogP contribution in [0.3, 0.4) is 0 Å². The number of aromatic nitrogens is 1. The van der Waals surface area contributed by atoms with Gasteiger partial charge in [-0.15, -0.1) is 0 Å². The summed E-state index contributed by atoms with van der Waals surface area (Å²) in [6.45, 7) is 0. The maximum absolute atomic E-state index is 12.0. The Balaban J connectivity index is 2.13. The normalized spacial score (nSPS) is 11.4. The van der Waals surface area contributed by atoms with Gasteiger partial charge in [0.25, 0.3) is 0 Å². The second-order valence-electron chi connectivity index (χ2n) is 4.69. The SMILES string of the molecule is Cn1cc(/C=C/C(=O)c2ccc(Cl)cc2)cc1/C=C/C(=O)O. The van der Waals surface area contributed by atoms with Gasteiger partial charge in [-0.1, -0.05) is 11.6 Å². The molecular weight excluding hydrogens is 302 g/mol. The van der Waals surface area contributed by atoms with Gasteiger partial charge in [0.1, 0.15) is 0 Å². The predicted octanol–water partition coefficient (Wildman–Crippen LogP) is 3.67. The highest BCUT2D eigenvalue weighted by molar-refractivity contribution is 6.30. The fraction of sp³-hybridized carbons (Fsp3) is 0.0588. The molecule has 0 unspecified atom stereocenters. The number of carboxylic acids is 1. The minimum Gasteiger partial charge on any atom is -0.478 e. The zero-order valence-electron chi connectivity index (χ0n) is 11.9. The van der Waals surface area contributed by atoms with Crippen LogP contribution in [-0.4, -0.2) is 21.4 Å². The van der Waals surface area contributed by atoms with Crippen molar-refractivity contribution in [1.82, 2.24) is 4.57 Å². The molecule has 22 heavy (non-hydrogen) atoms. The lowest BCUT2D eigenvalue weighted by atomic mass is 10.1. The van der Waals surface area contributed by atoms with E-state index in [1.165, 1.54) is 12.2 Å². The Labute approximate surface area is 133 Å². The first-order valence-corrected chi connectivity index (χ1v) is 6.89. The number of benzene rings is 1. The van der Waals surface area contributed by atoms with Crippen LogP contribution >= 0.6 is 11.6 Å². The van der Waals surface area contributed by atoms with E-state index in [1.54, 1.807) is 48.0 Å². The van der Waals surface area contributed by atoms with E-state index in [-0.39, 0.29) is 5.78 Å². The van der Waals surface area contributed by atoms with Crippen LogP contribution in [0, 0.1) is 0 Å². The van der Waals surface area contributed by atoms with E-state index in [9.17, 15) is 9.59 Å². The van der Waals surface area contributed by atoms with Crippen molar-refractivity contribution in [3.05, 3.63) is 70.5 Å². The van der Waals surface area contributed by atoms with Gasteiger partial charge < -0.3 is 9.67 Å². The highest BCUT2D eigenvalue weighted by Crippen LogP contribution is 2.13. The minimum absolute atomic E-state index is 0.122. The van der Waals surface area contributed by atoms with Gasteiger partial charge in [0, 0.05) is 35.6 Å². The Hall–Kier alpha value is -2.59. The molecule has 0 saturated carbocycles. The summed E-state index contributed by atoms with van der Waals surface area (Å²) in [5, 5.41) is 9.21. The van der Waals surface area contributed by atoms with E-state index >= 15 is 0 Å². The van der Waals surface area contributed by atoms with Gasteiger partial charge in [-0.25, -0.2) is 4.79 Å². The van der Waals surface area contributed by atoms with Crippen molar-refractivity contribution < 1.29 is 14.7 Å². The lowest BCUT2D eigenvalue weighted by Crippen LogP contribution is -1.92. The number of carboxylic acid groups (broad SMARTS) is 1. The molecule has 0 aliphatic rings. The van der Waals surface area contributed by atoms with E-state index in [2.05, 4.69) is 0 Å². The van der Waals surface area contributed by atoms with Crippen molar-refractivity contribution in [2.45, 2.75) is 0 Å². The van der Waals surface area contributed by atoms with Crippen LogP contribution in [-0.2, 0) is 11.8 Å². The van der Waals surface area contributed by atoms with Crippen molar-refractivity contribution in [1.29, 1.82) is 0 Å². The molecule has 1 aromatic carbocycles. The Bertz CT molecular complexity index is 755. The van der Waals surface area contributed by atoms with Crippen LogP contribution < -0.4 is 0 Å². The summed E-state index contributed by atoms with van der Waals surface area (Å²) in [5.41, 5.74) is 2.11. The lowest BCUT2D eigenvalue weighted by Gasteiger charge is -1.95. The third kappa shape index (κ3) is 4.20. The standard InChI is InChI=1S/C17H14ClNO3/c1-19-11-12(10-15(19)7-9-17(21)22)2-8-16(20)13-3-5-14(18)6-4-13/h2-11H,1H3,(H,21,22)/b8-2+,9-7+. The van der Waals surface area contributed by atoms with E-state index in [1.807, 2.05) is 6.20 Å². The number of aliphatic carboxylic acids is 1. The molecule has 0 saturated heterocycles. The van der Waals surface area contributed by atoms with E-state index in [0.717, 1.165) is 17.3 Å². The van der Waals surface area contributed by atoms with Gasteiger partial charge in [-0.3, -0.25) is 4.79 Å². The number of carbonyl (C=O) groups is 2. The van der Waals surface area contributed by atoms with E-state index in [4.69, 9.17) is 16.7 Å². The van der Waals surface area contributed by atoms with Crippen molar-refractivity contribution in [3.8, 4) is 0 Å². The molecule has 2 aromatic rings. The fourth-order valence-corrected chi connectivity index (χ4v) is 2.03. The quantitative estimate of drug-likeness (QED) is 0.676. The van der Waals surface area contributed by atoms with Gasteiger partial charge in [0.15, 0.2) is 5.78 Å². The average molecular weight is 316 g/mol. The molecule has 0 radical (unpaired) electrons. The summed E-state index contributed by atoms with van der Waals surface area (Å²) in [7, 11) is 1.81. The Kier molecular flexibility index (Phi) is 4.96. The van der Waals surface area contributed by atoms with Crippen LogP contribution in [0.2, 0.25) is 5.02 Å². The molecule has 1 heterocycles. The number of rotatable bonds is 5. The van der Waals surface area contributed by atoms with Crippen LogP contribution in [0.4, 0.5) is 0 Å². The molecule has 0 aliphatic heterocycles. The number of carbonyl (C=O) groups excluding carboxylic acids is 1. The summed E-state index contributed by atoms with van der Waals surface area (Å²) in [6.07, 6.45) is 7.55. The first-order chi connectivity index (χ1) is 10.5. The fourth-order valence-electron chi connectivity index (χ4n) is 1.90. The zero-order valence-corrected chi connectivity index (χ0v) is 12.6. The predicted molar refractivity (Wildman–Crippen MR) is 86.9 cm³/mol. The first kappa shape index (κ1) is 15.8. The smallest absolute Gasteiger partial charge is 0.328 e. The number of ketones is 1. The van der Waals surface area contributed by atoms with Crippen LogP contribution in [0.25, 0.3) is 12.2 Å². The molecule has 0 aliphatic carbocycles. The number of hydrogen-bond acceptors (Lipinski definition) is 2. The Morgan fingerprint density at radius 3 is 2.45 bits per heavy atom. The number of halogens is 1. The zero-order chi connectivity index (χ0) is 16.1. The molecule has 0 bridgehead atoms. The third-order valence-corrected chi connectivity index (χ3v) is 3.27. The van der Waals surface area contributed by atoms with Crippen molar-refractivity contribution in [3.63, 3.8) is 0 Å². The minimum atomic E-state index is -1.00. The maximum atomic E-state index is 12.0. The van der Waals surface area contributed by atoms with Gasteiger partial charge in [-0.05, 0) is 54.1 Å². The van der Waals surface area contributed by atoms with Crippen LogP contribution in [0.1, 0.15) is 21.6 Å². The van der Waals surface area contributed by atoms with Crippen molar-refractivity contribution in [2.24, 2.45) is 7.05 Å². The highest BCUT2D eigenvalue weighted by Gasteiger charge is 2.03. The second-order valence-corrected chi connectivity index (χ2v) is 5.12. The first-order valence-electron chi connectivity index (χ1n) is 6.51. The Morgan fingerprint density at radius 2 is 1.82 bits per heavy atom. The molecule has 112 valence electrons. The molecule has 0 amide bonds.